The van der Waals surface area contributed by atoms with Gasteiger partial charge in [0.25, 0.3) is 11.1 Å². The van der Waals surface area contributed by atoms with Crippen LogP contribution in [0.3, 0.4) is 0 Å². The number of aryl methyl sites for hydroxylation is 1. The first-order valence-corrected chi connectivity index (χ1v) is 16.6. The first-order chi connectivity index (χ1) is 21.2. The van der Waals surface area contributed by atoms with E-state index in [2.05, 4.69) is 33.5 Å². The number of carbonyl (C=O) groups is 1. The third kappa shape index (κ3) is 6.44. The van der Waals surface area contributed by atoms with Crippen molar-refractivity contribution in [3.63, 3.8) is 0 Å². The molecule has 11 heteroatoms. The highest BCUT2D eigenvalue weighted by Gasteiger charge is 2.41. The zero-order valence-electron chi connectivity index (χ0n) is 25.5. The summed E-state index contributed by atoms with van der Waals surface area (Å²) < 4.78 is 17.4. The number of benzene rings is 2. The number of hydrogen-bond donors (Lipinski definition) is 2. The van der Waals surface area contributed by atoms with Gasteiger partial charge in [0.15, 0.2) is 5.75 Å². The number of hydrogen-bond acceptors (Lipinski definition) is 8. The molecule has 1 unspecified atom stereocenters. The van der Waals surface area contributed by atoms with Crippen molar-refractivity contribution in [1.82, 2.24) is 20.5 Å². The Labute approximate surface area is 272 Å². The van der Waals surface area contributed by atoms with Crippen LogP contribution in [0.15, 0.2) is 36.0 Å². The molecule has 234 valence electrons. The fraction of sp³-hybridized carbons (Fsp3) is 0.455. The first kappa shape index (κ1) is 31.2. The summed E-state index contributed by atoms with van der Waals surface area (Å²) in [6.45, 7) is 8.63. The fourth-order valence-electron chi connectivity index (χ4n) is 6.02. The van der Waals surface area contributed by atoms with Crippen molar-refractivity contribution in [3.05, 3.63) is 73.2 Å². The predicted molar refractivity (Wildman–Crippen MR) is 175 cm³/mol. The quantitative estimate of drug-likeness (QED) is 0.241. The molecule has 3 aromatic rings. The highest BCUT2D eigenvalue weighted by molar-refractivity contribution is 7.14. The van der Waals surface area contributed by atoms with E-state index in [9.17, 15) is 4.79 Å². The highest BCUT2D eigenvalue weighted by Crippen LogP contribution is 2.40. The molecule has 0 radical (unpaired) electrons. The smallest absolute Gasteiger partial charge is 0.273 e. The van der Waals surface area contributed by atoms with Crippen LogP contribution in [-0.2, 0) is 11.3 Å². The van der Waals surface area contributed by atoms with E-state index < -0.39 is 0 Å². The second kappa shape index (κ2) is 13.3. The Hall–Kier alpha value is -2.82. The summed E-state index contributed by atoms with van der Waals surface area (Å²) in [5.41, 5.74) is 6.03. The van der Waals surface area contributed by atoms with Gasteiger partial charge in [0.2, 0.25) is 0 Å². The van der Waals surface area contributed by atoms with Gasteiger partial charge in [-0.3, -0.25) is 4.79 Å². The van der Waals surface area contributed by atoms with E-state index in [1.54, 1.807) is 7.11 Å². The second-order valence-electron chi connectivity index (χ2n) is 11.7. The second-order valence-corrected chi connectivity index (χ2v) is 13.5. The van der Waals surface area contributed by atoms with Gasteiger partial charge in [-0.2, -0.15) is 0 Å². The van der Waals surface area contributed by atoms with Crippen LogP contribution < -0.4 is 24.8 Å². The SMILES string of the molecule is COc1cccc(CN(C(=O)C2=C(c3cnc(OCCOc4c(Cl)cc(C)c(C)c4Cl)s3)CC3CNC[C@H]2N3)C2CC2)c1C. The molecule has 3 heterocycles. The van der Waals surface area contributed by atoms with Crippen molar-refractivity contribution in [1.29, 1.82) is 0 Å². The number of carbonyl (C=O) groups excluding carboxylic acids is 1. The highest BCUT2D eigenvalue weighted by atomic mass is 35.5. The molecule has 3 aliphatic rings. The Morgan fingerprint density at radius 2 is 1.91 bits per heavy atom. The van der Waals surface area contributed by atoms with E-state index in [-0.39, 0.29) is 37.2 Å². The number of nitrogens with zero attached hydrogens (tertiary/aromatic N) is 2. The average molecular weight is 658 g/mol. The van der Waals surface area contributed by atoms with Crippen molar-refractivity contribution in [2.24, 2.45) is 0 Å². The minimum Gasteiger partial charge on any atom is -0.496 e. The number of methoxy groups -OCH3 is 1. The lowest BCUT2D eigenvalue weighted by Gasteiger charge is -2.40. The average Bonchev–Trinajstić information content (AvgIpc) is 3.75. The number of thiazole rings is 1. The molecule has 0 spiro atoms. The van der Waals surface area contributed by atoms with Gasteiger partial charge >= 0.3 is 0 Å². The lowest BCUT2D eigenvalue weighted by Crippen LogP contribution is -2.59. The standard InChI is InChI=1S/C33H38Cl2N4O4S/c1-18-12-25(34)31(30(35)19(18)2)42-10-11-43-33-37-16-28(44-33)24-13-22-14-36-15-26(38-22)29(24)32(40)39(23-8-9-23)17-21-6-5-7-27(41-4)20(21)3/h5-7,12,16,22-23,26,36,38H,8-11,13-15,17H2,1-4H3/t22?,26-/m1/s1. The van der Waals surface area contributed by atoms with E-state index in [1.165, 1.54) is 11.3 Å². The first-order valence-electron chi connectivity index (χ1n) is 15.0. The molecular formula is C33H38Cl2N4O4S. The number of rotatable bonds is 11. The zero-order chi connectivity index (χ0) is 31.0. The maximum Gasteiger partial charge on any atom is 0.273 e. The molecule has 2 aromatic carbocycles. The zero-order valence-corrected chi connectivity index (χ0v) is 27.8. The number of amides is 1. The molecule has 1 amide bonds. The van der Waals surface area contributed by atoms with Crippen molar-refractivity contribution < 1.29 is 19.0 Å². The number of fused-ring (bicyclic) bond motifs is 2. The van der Waals surface area contributed by atoms with E-state index in [4.69, 9.17) is 37.4 Å². The molecule has 2 N–H and O–H groups in total. The van der Waals surface area contributed by atoms with Crippen LogP contribution in [-0.4, -0.2) is 67.3 Å². The lowest BCUT2D eigenvalue weighted by atomic mass is 9.86. The maximum absolute atomic E-state index is 14.5. The number of nitrogens with one attached hydrogen (secondary N) is 2. The summed E-state index contributed by atoms with van der Waals surface area (Å²) in [6.07, 6.45) is 4.63. The van der Waals surface area contributed by atoms with Crippen molar-refractivity contribution in [3.8, 4) is 16.7 Å². The Balaban J connectivity index is 1.21. The van der Waals surface area contributed by atoms with Gasteiger partial charge in [-0.1, -0.05) is 46.7 Å². The third-order valence-electron chi connectivity index (χ3n) is 8.75. The Bertz CT molecular complexity index is 1590. The van der Waals surface area contributed by atoms with Gasteiger partial charge < -0.3 is 29.7 Å². The minimum atomic E-state index is -0.0648. The summed E-state index contributed by atoms with van der Waals surface area (Å²) in [7, 11) is 1.68. The number of ether oxygens (including phenoxy) is 3. The van der Waals surface area contributed by atoms with Gasteiger partial charge in [-0.15, -0.1) is 0 Å². The van der Waals surface area contributed by atoms with Crippen LogP contribution in [0.1, 0.15) is 46.4 Å². The van der Waals surface area contributed by atoms with Gasteiger partial charge in [0, 0.05) is 43.5 Å². The van der Waals surface area contributed by atoms with E-state index in [0.717, 1.165) is 69.8 Å². The molecular weight excluding hydrogens is 619 g/mol. The molecule has 1 saturated carbocycles. The van der Waals surface area contributed by atoms with Gasteiger partial charge in [0.05, 0.1) is 28.1 Å². The summed E-state index contributed by atoms with van der Waals surface area (Å²) in [4.78, 5) is 22.1. The predicted octanol–water partition coefficient (Wildman–Crippen LogP) is 6.12. The van der Waals surface area contributed by atoms with Crippen LogP contribution in [0.2, 0.25) is 10.0 Å². The molecule has 2 fully saturated rings. The molecule has 1 aliphatic carbocycles. The lowest BCUT2D eigenvalue weighted by molar-refractivity contribution is -0.128. The third-order valence-corrected chi connectivity index (χ3v) is 10.5. The van der Waals surface area contributed by atoms with Crippen molar-refractivity contribution >= 4 is 46.0 Å². The molecule has 44 heavy (non-hydrogen) atoms. The molecule has 1 aromatic heterocycles. The van der Waals surface area contributed by atoms with Crippen LogP contribution >= 0.6 is 34.5 Å². The summed E-state index contributed by atoms with van der Waals surface area (Å²) >= 11 is 14.3. The summed E-state index contributed by atoms with van der Waals surface area (Å²) in [5, 5.41) is 8.74. The molecule has 2 atom stereocenters. The Kier molecular flexibility index (Phi) is 9.40. The van der Waals surface area contributed by atoms with E-state index in [0.29, 0.717) is 34.1 Å². The van der Waals surface area contributed by atoms with Gasteiger partial charge in [-0.05, 0) is 80.0 Å². The van der Waals surface area contributed by atoms with E-state index >= 15 is 0 Å². The largest absolute Gasteiger partial charge is 0.496 e. The van der Waals surface area contributed by atoms with Crippen molar-refractivity contribution in [2.75, 3.05) is 33.4 Å². The Morgan fingerprint density at radius 3 is 2.68 bits per heavy atom. The minimum absolute atomic E-state index is 0.0648. The van der Waals surface area contributed by atoms with E-state index in [1.807, 2.05) is 38.2 Å². The number of aromatic nitrogens is 1. The molecule has 2 aliphatic heterocycles. The normalized spacial score (nSPS) is 19.6. The molecule has 1 saturated heterocycles. The monoisotopic (exact) mass is 656 g/mol. The Morgan fingerprint density at radius 1 is 1.11 bits per heavy atom. The molecule has 6 rings (SSSR count). The molecule has 2 bridgehead atoms. The summed E-state index contributed by atoms with van der Waals surface area (Å²) in [5.74, 6) is 1.40. The number of piperazine rings is 1. The van der Waals surface area contributed by atoms with Gasteiger partial charge in [0.1, 0.15) is 19.0 Å². The van der Waals surface area contributed by atoms with Crippen LogP contribution in [0.4, 0.5) is 0 Å². The number of halogens is 2. The van der Waals surface area contributed by atoms with Crippen molar-refractivity contribution in [2.45, 2.75) is 64.7 Å². The van der Waals surface area contributed by atoms with Crippen LogP contribution in [0, 0.1) is 20.8 Å². The maximum atomic E-state index is 14.5. The van der Waals surface area contributed by atoms with Crippen LogP contribution in [0.25, 0.3) is 5.57 Å². The van der Waals surface area contributed by atoms with Gasteiger partial charge in [-0.25, -0.2) is 4.98 Å². The fourth-order valence-corrected chi connectivity index (χ4v) is 7.55. The summed E-state index contributed by atoms with van der Waals surface area (Å²) in [6, 6.07) is 8.33. The topological polar surface area (TPSA) is 85.0 Å². The van der Waals surface area contributed by atoms with Crippen LogP contribution in [0.5, 0.6) is 16.7 Å². The molecule has 8 nitrogen and oxygen atoms in total.